The summed E-state index contributed by atoms with van der Waals surface area (Å²) in [6, 6.07) is 0. The van der Waals surface area contributed by atoms with Gasteiger partial charge in [0, 0.05) is 18.2 Å². The fourth-order valence-corrected chi connectivity index (χ4v) is 1.82. The van der Waals surface area contributed by atoms with E-state index in [9.17, 15) is 4.79 Å². The normalized spacial score (nSPS) is 14.7. The minimum Gasteiger partial charge on any atom is -0.353 e. The topological polar surface area (TPSA) is 29.1 Å². The first-order valence-electron chi connectivity index (χ1n) is 7.48. The molecule has 0 heterocycles. The summed E-state index contributed by atoms with van der Waals surface area (Å²) < 4.78 is 0. The minimum atomic E-state index is -0.00251. The van der Waals surface area contributed by atoms with Crippen molar-refractivity contribution in [3.8, 4) is 0 Å². The Labute approximate surface area is 134 Å². The predicted octanol–water partition coefficient (Wildman–Crippen LogP) is 4.99. The van der Waals surface area contributed by atoms with Crippen LogP contribution >= 0.6 is 11.6 Å². The zero-order valence-corrected chi connectivity index (χ0v) is 14.4. The summed E-state index contributed by atoms with van der Waals surface area (Å²) in [5.41, 5.74) is 2.52. The van der Waals surface area contributed by atoms with Crippen LogP contribution in [0.25, 0.3) is 0 Å². The van der Waals surface area contributed by atoms with Crippen LogP contribution in [0.5, 0.6) is 0 Å². The van der Waals surface area contributed by atoms with E-state index in [0.29, 0.717) is 18.4 Å². The predicted molar refractivity (Wildman–Crippen MR) is 93.3 cm³/mol. The van der Waals surface area contributed by atoms with Gasteiger partial charge < -0.3 is 5.32 Å². The molecular formula is C18H28ClNO. The van der Waals surface area contributed by atoms with E-state index in [1.165, 1.54) is 5.54 Å². The highest BCUT2D eigenvalue weighted by molar-refractivity contribution is 6.25. The summed E-state index contributed by atoms with van der Waals surface area (Å²) in [6.45, 7) is 8.89. The van der Waals surface area contributed by atoms with Crippen LogP contribution in [0.4, 0.5) is 0 Å². The van der Waals surface area contributed by atoms with Gasteiger partial charge in [-0.15, -0.1) is 0 Å². The molecule has 0 aromatic carbocycles. The van der Waals surface area contributed by atoms with Crippen LogP contribution in [0.1, 0.15) is 40.5 Å². The molecule has 118 valence electrons. The Bertz CT molecular complexity index is 403. The molecule has 0 aromatic rings. The number of halogens is 1. The Kier molecular flexibility index (Phi) is 11.7. The van der Waals surface area contributed by atoms with Crippen molar-refractivity contribution in [2.75, 3.05) is 6.54 Å². The number of hydrogen-bond donors (Lipinski definition) is 1. The third kappa shape index (κ3) is 13.5. The number of carbonyl (C=O) groups excluding carboxylic acids is 1. The fraction of sp³-hybridized carbons (Fsp3) is 0.500. The molecule has 0 rings (SSSR count). The Morgan fingerprint density at radius 3 is 2.48 bits per heavy atom. The van der Waals surface area contributed by atoms with Gasteiger partial charge in [-0.2, -0.15) is 0 Å². The number of nitrogens with one attached hydrogen (secondary N) is 1. The zero-order valence-electron chi connectivity index (χ0n) is 13.6. The third-order valence-electron chi connectivity index (χ3n) is 2.91. The number of allylic oxidation sites excluding steroid dienone is 6. The molecule has 2 atom stereocenters. The van der Waals surface area contributed by atoms with Gasteiger partial charge in [-0.05, 0) is 38.5 Å². The van der Waals surface area contributed by atoms with Gasteiger partial charge in [-0.3, -0.25) is 4.79 Å². The van der Waals surface area contributed by atoms with Crippen LogP contribution in [0.15, 0.2) is 47.6 Å². The summed E-state index contributed by atoms with van der Waals surface area (Å²) in [5, 5.41) is 2.90. The molecule has 0 bridgehead atoms. The second-order valence-electron chi connectivity index (χ2n) is 5.62. The fourth-order valence-electron chi connectivity index (χ4n) is 1.73. The molecule has 0 radical (unpaired) electrons. The lowest BCUT2D eigenvalue weighted by atomic mass is 10.0. The molecule has 0 fully saturated rings. The van der Waals surface area contributed by atoms with E-state index in [1.54, 1.807) is 6.08 Å². The number of rotatable bonds is 9. The SMILES string of the molecule is CC(C)=CC(=O)NCCC(C)C=CCC(C)C=CC=CCl. The Balaban J connectivity index is 3.88. The van der Waals surface area contributed by atoms with Crippen molar-refractivity contribution < 1.29 is 4.79 Å². The van der Waals surface area contributed by atoms with Gasteiger partial charge in [0.05, 0.1) is 0 Å². The average Bonchev–Trinajstić information content (AvgIpc) is 2.38. The van der Waals surface area contributed by atoms with Gasteiger partial charge in [-0.25, -0.2) is 0 Å². The van der Waals surface area contributed by atoms with E-state index in [-0.39, 0.29) is 5.91 Å². The van der Waals surface area contributed by atoms with Crippen molar-refractivity contribution in [3.63, 3.8) is 0 Å². The van der Waals surface area contributed by atoms with E-state index in [1.807, 2.05) is 26.0 Å². The molecule has 0 aliphatic rings. The number of amides is 1. The minimum absolute atomic E-state index is 0.00251. The van der Waals surface area contributed by atoms with Crippen LogP contribution in [0.3, 0.4) is 0 Å². The maximum atomic E-state index is 11.4. The van der Waals surface area contributed by atoms with Crippen LogP contribution in [-0.2, 0) is 4.79 Å². The first kappa shape index (κ1) is 19.7. The lowest BCUT2D eigenvalue weighted by Crippen LogP contribution is -2.23. The summed E-state index contributed by atoms with van der Waals surface area (Å²) in [4.78, 5) is 11.4. The van der Waals surface area contributed by atoms with Gasteiger partial charge in [-0.1, -0.05) is 61.4 Å². The largest absolute Gasteiger partial charge is 0.353 e. The van der Waals surface area contributed by atoms with E-state index in [4.69, 9.17) is 11.6 Å². The molecule has 21 heavy (non-hydrogen) atoms. The summed E-state index contributed by atoms with van der Waals surface area (Å²) in [5.74, 6) is 0.965. The molecule has 0 saturated heterocycles. The highest BCUT2D eigenvalue weighted by atomic mass is 35.5. The lowest BCUT2D eigenvalue weighted by molar-refractivity contribution is -0.116. The highest BCUT2D eigenvalue weighted by Gasteiger charge is 2.00. The van der Waals surface area contributed by atoms with Gasteiger partial charge in [0.1, 0.15) is 0 Å². The highest BCUT2D eigenvalue weighted by Crippen LogP contribution is 2.09. The van der Waals surface area contributed by atoms with Gasteiger partial charge >= 0.3 is 0 Å². The van der Waals surface area contributed by atoms with E-state index < -0.39 is 0 Å². The molecule has 2 unspecified atom stereocenters. The Hall–Kier alpha value is -1.28. The second-order valence-corrected chi connectivity index (χ2v) is 5.88. The van der Waals surface area contributed by atoms with Crippen LogP contribution < -0.4 is 5.32 Å². The second kappa shape index (κ2) is 12.5. The molecule has 1 N–H and O–H groups in total. The van der Waals surface area contributed by atoms with Crippen molar-refractivity contribution >= 4 is 17.5 Å². The summed E-state index contributed by atoms with van der Waals surface area (Å²) in [7, 11) is 0. The van der Waals surface area contributed by atoms with Crippen LogP contribution in [0.2, 0.25) is 0 Å². The lowest BCUT2D eigenvalue weighted by Gasteiger charge is -2.07. The van der Waals surface area contributed by atoms with E-state index in [2.05, 4.69) is 37.4 Å². The first-order valence-corrected chi connectivity index (χ1v) is 7.92. The van der Waals surface area contributed by atoms with Gasteiger partial charge in [0.25, 0.3) is 0 Å². The zero-order chi connectivity index (χ0) is 16.1. The standard InChI is InChI=1S/C18H28ClNO/c1-15(2)14-18(21)20-13-11-17(4)10-7-9-16(3)8-5-6-12-19/h5-8,10,12,14,16-17H,9,11,13H2,1-4H3,(H,20,21). The summed E-state index contributed by atoms with van der Waals surface area (Å²) in [6.07, 6.45) is 13.9. The van der Waals surface area contributed by atoms with E-state index in [0.717, 1.165) is 18.4 Å². The van der Waals surface area contributed by atoms with Crippen molar-refractivity contribution in [2.24, 2.45) is 11.8 Å². The smallest absolute Gasteiger partial charge is 0.243 e. The van der Waals surface area contributed by atoms with Crippen molar-refractivity contribution in [2.45, 2.75) is 40.5 Å². The van der Waals surface area contributed by atoms with Crippen molar-refractivity contribution in [1.82, 2.24) is 5.32 Å². The molecule has 2 nitrogen and oxygen atoms in total. The average molecular weight is 310 g/mol. The molecule has 0 saturated carbocycles. The van der Waals surface area contributed by atoms with Gasteiger partial charge in [0.2, 0.25) is 5.91 Å². The molecule has 1 amide bonds. The molecule has 0 aliphatic carbocycles. The number of hydrogen-bond acceptors (Lipinski definition) is 1. The van der Waals surface area contributed by atoms with Crippen LogP contribution in [-0.4, -0.2) is 12.5 Å². The van der Waals surface area contributed by atoms with Crippen LogP contribution in [0, 0.1) is 11.8 Å². The maximum Gasteiger partial charge on any atom is 0.243 e. The monoisotopic (exact) mass is 309 g/mol. The van der Waals surface area contributed by atoms with Crippen molar-refractivity contribution in [1.29, 1.82) is 0 Å². The quantitative estimate of drug-likeness (QED) is 0.363. The third-order valence-corrected chi connectivity index (χ3v) is 3.06. The Morgan fingerprint density at radius 1 is 1.14 bits per heavy atom. The maximum absolute atomic E-state index is 11.4. The molecule has 0 spiro atoms. The van der Waals surface area contributed by atoms with E-state index >= 15 is 0 Å². The first-order chi connectivity index (χ1) is 9.95. The molecule has 3 heteroatoms. The molecule has 0 aliphatic heterocycles. The summed E-state index contributed by atoms with van der Waals surface area (Å²) >= 11 is 5.45. The van der Waals surface area contributed by atoms with Crippen molar-refractivity contribution in [3.05, 3.63) is 47.6 Å². The molecular weight excluding hydrogens is 282 g/mol. The Morgan fingerprint density at radius 2 is 1.86 bits per heavy atom. The number of carbonyl (C=O) groups is 1. The molecule has 0 aromatic heterocycles. The van der Waals surface area contributed by atoms with Gasteiger partial charge in [0.15, 0.2) is 0 Å².